The summed E-state index contributed by atoms with van der Waals surface area (Å²) in [6.45, 7) is 3.77. The average Bonchev–Trinajstić information content (AvgIpc) is 3.52. The van der Waals surface area contributed by atoms with E-state index in [1.54, 1.807) is 42.7 Å². The highest BCUT2D eigenvalue weighted by Crippen LogP contribution is 2.47. The summed E-state index contributed by atoms with van der Waals surface area (Å²) in [6.07, 6.45) is 0.948. The van der Waals surface area contributed by atoms with Gasteiger partial charge in [-0.05, 0) is 38.0 Å². The van der Waals surface area contributed by atoms with Crippen LogP contribution in [0.25, 0.3) is 11.0 Å². The predicted octanol–water partition coefficient (Wildman–Crippen LogP) is 0.810. The van der Waals surface area contributed by atoms with Crippen LogP contribution in [-0.4, -0.2) is 70.9 Å². The average molecular weight is 542 g/mol. The summed E-state index contributed by atoms with van der Waals surface area (Å²) in [5.74, 6) is -2.22. The molecule has 1 aromatic carbocycles. The van der Waals surface area contributed by atoms with Gasteiger partial charge in [0.2, 0.25) is 11.5 Å². The highest BCUT2D eigenvalue weighted by atomic mass is 19.1. The lowest BCUT2D eigenvalue weighted by Gasteiger charge is -2.53. The third-order valence-electron chi connectivity index (χ3n) is 7.24. The Morgan fingerprint density at radius 1 is 1.31 bits per heavy atom. The van der Waals surface area contributed by atoms with Crippen molar-refractivity contribution in [2.45, 2.75) is 45.1 Å². The molecule has 3 aromatic rings. The highest BCUT2D eigenvalue weighted by Gasteiger charge is 2.57. The minimum Gasteiger partial charge on any atom is -0.372 e. The number of ether oxygens (including phenoxy) is 1. The van der Waals surface area contributed by atoms with E-state index in [1.807, 2.05) is 0 Å². The Morgan fingerprint density at radius 3 is 2.74 bits per heavy atom. The summed E-state index contributed by atoms with van der Waals surface area (Å²) in [4.78, 5) is 52.7. The maximum absolute atomic E-state index is 16.1. The minimum absolute atomic E-state index is 0.0871. The van der Waals surface area contributed by atoms with Crippen molar-refractivity contribution in [1.29, 1.82) is 0 Å². The van der Waals surface area contributed by atoms with Gasteiger partial charge in [0.25, 0.3) is 5.91 Å². The third-order valence-corrected chi connectivity index (χ3v) is 7.24. The van der Waals surface area contributed by atoms with Gasteiger partial charge in [-0.25, -0.2) is 9.18 Å². The fourth-order valence-corrected chi connectivity index (χ4v) is 5.64. The fourth-order valence-electron chi connectivity index (χ4n) is 5.64. The number of hydrogen-bond donors (Lipinski definition) is 3. The van der Waals surface area contributed by atoms with Crippen molar-refractivity contribution in [3.63, 3.8) is 0 Å². The molecule has 4 heterocycles. The van der Waals surface area contributed by atoms with Gasteiger partial charge in [0.1, 0.15) is 11.7 Å². The molecule has 2 aromatic heterocycles. The molecule has 39 heavy (non-hydrogen) atoms. The molecule has 0 saturated carbocycles. The summed E-state index contributed by atoms with van der Waals surface area (Å²) in [7, 11) is 3.09. The first-order chi connectivity index (χ1) is 18.6. The van der Waals surface area contributed by atoms with E-state index in [9.17, 15) is 19.2 Å². The van der Waals surface area contributed by atoms with Crippen molar-refractivity contribution in [3.8, 4) is 0 Å². The highest BCUT2D eigenvalue weighted by molar-refractivity contribution is 6.08. The number of nitrogens with zero attached hydrogens (tertiary/aromatic N) is 4. The summed E-state index contributed by atoms with van der Waals surface area (Å²) in [6, 6.07) is 1.54. The number of carbonyl (C=O) groups excluding carboxylic acids is 4. The number of aldehydes is 1. The number of anilines is 1. The van der Waals surface area contributed by atoms with E-state index < -0.39 is 41.2 Å². The number of imide groups is 1. The molecule has 4 atom stereocenters. The molecule has 4 amide bonds. The number of rotatable bonds is 5. The molecule has 13 nitrogen and oxygen atoms in total. The Bertz CT molecular complexity index is 1480. The van der Waals surface area contributed by atoms with Crippen molar-refractivity contribution >= 4 is 40.8 Å². The molecule has 0 bridgehead atoms. The molecule has 2 aliphatic heterocycles. The van der Waals surface area contributed by atoms with Gasteiger partial charge < -0.3 is 29.6 Å². The van der Waals surface area contributed by atoms with Crippen LogP contribution in [0.15, 0.2) is 22.9 Å². The molecule has 14 heteroatoms. The van der Waals surface area contributed by atoms with Gasteiger partial charge in [-0.1, -0.05) is 5.16 Å². The normalized spacial score (nSPS) is 24.0. The van der Waals surface area contributed by atoms with Gasteiger partial charge >= 0.3 is 6.03 Å². The molecule has 1 fully saturated rings. The number of aromatic nitrogens is 3. The van der Waals surface area contributed by atoms with Crippen LogP contribution in [0.1, 0.15) is 35.6 Å². The predicted molar refractivity (Wildman–Crippen MR) is 134 cm³/mol. The number of morpholine rings is 1. The summed E-state index contributed by atoms with van der Waals surface area (Å²) < 4.78 is 28.9. The van der Waals surface area contributed by atoms with E-state index in [-0.39, 0.29) is 48.0 Å². The number of hydrogen-bond acceptors (Lipinski definition) is 9. The molecule has 1 saturated heterocycles. The van der Waals surface area contributed by atoms with Crippen LogP contribution in [0.5, 0.6) is 0 Å². The Hall–Kier alpha value is -4.33. The fraction of sp³-hybridized carbons (Fsp3) is 0.440. The smallest absolute Gasteiger partial charge is 0.321 e. The first-order valence-electron chi connectivity index (χ1n) is 12.4. The second-order valence-corrected chi connectivity index (χ2v) is 9.89. The number of nitrogens with one attached hydrogen (secondary N) is 3. The first kappa shape index (κ1) is 26.3. The zero-order chi connectivity index (χ0) is 28.1. The maximum Gasteiger partial charge on any atom is 0.321 e. The second-order valence-electron chi connectivity index (χ2n) is 9.89. The first-order valence-corrected chi connectivity index (χ1v) is 12.4. The molecule has 2 aliphatic rings. The van der Waals surface area contributed by atoms with Crippen LogP contribution in [0.4, 0.5) is 14.9 Å². The van der Waals surface area contributed by atoms with Gasteiger partial charge in [-0.3, -0.25) is 19.6 Å². The van der Waals surface area contributed by atoms with Gasteiger partial charge in [0.15, 0.2) is 11.5 Å². The SMILES string of the molecule is CNC(=O)NC(=O)C1(C=O)Cc2cc3c(C(=O)NCc4ccn(C)n4)noc3c(F)c2N2C[C@@H](C)O[C@@H](C)[C@@H]21. The topological polar surface area (TPSA) is 161 Å². The molecule has 0 aliphatic carbocycles. The van der Waals surface area contributed by atoms with E-state index in [0.717, 1.165) is 0 Å². The van der Waals surface area contributed by atoms with Crippen LogP contribution in [0, 0.1) is 11.2 Å². The quantitative estimate of drug-likeness (QED) is 0.314. The Balaban J connectivity index is 1.59. The van der Waals surface area contributed by atoms with E-state index >= 15 is 4.39 Å². The van der Waals surface area contributed by atoms with E-state index in [1.165, 1.54) is 13.1 Å². The van der Waals surface area contributed by atoms with Crippen molar-refractivity contribution in [1.82, 2.24) is 30.9 Å². The van der Waals surface area contributed by atoms with Crippen LogP contribution < -0.4 is 20.9 Å². The van der Waals surface area contributed by atoms with Gasteiger partial charge in [-0.2, -0.15) is 5.10 Å². The van der Waals surface area contributed by atoms with E-state index in [2.05, 4.69) is 26.2 Å². The molecule has 0 radical (unpaired) electrons. The lowest BCUT2D eigenvalue weighted by atomic mass is 9.68. The molecule has 1 unspecified atom stereocenters. The zero-order valence-corrected chi connectivity index (χ0v) is 21.8. The number of amides is 4. The minimum atomic E-state index is -1.79. The lowest BCUT2D eigenvalue weighted by molar-refractivity contribution is -0.144. The standard InChI is InChI=1S/C25H28FN7O6/c1-12-10-33-19-14(8-25(11-34,21(33)13(2)38-12)23(36)29-24(37)27-3)7-16-18(31-39-20(16)17(19)26)22(35)28-9-15-5-6-32(4)30-15/h5-7,11-13,21H,8-10H2,1-4H3,(H,28,35)(H2,27,29,36,37)/t12-,13+,21-,25?/m1/s1. The number of carbonyl (C=O) groups is 4. The lowest BCUT2D eigenvalue weighted by Crippen LogP contribution is -2.68. The third kappa shape index (κ3) is 4.30. The molecular weight excluding hydrogens is 513 g/mol. The summed E-state index contributed by atoms with van der Waals surface area (Å²) >= 11 is 0. The molecule has 0 spiro atoms. The Morgan fingerprint density at radius 2 is 2.08 bits per heavy atom. The Labute approximate surface area is 222 Å². The summed E-state index contributed by atoms with van der Waals surface area (Å²) in [5, 5.41) is 15.3. The van der Waals surface area contributed by atoms with Crippen molar-refractivity contribution in [2.75, 3.05) is 18.5 Å². The molecule has 206 valence electrons. The molecule has 3 N–H and O–H groups in total. The molecule has 5 rings (SSSR count). The monoisotopic (exact) mass is 541 g/mol. The van der Waals surface area contributed by atoms with Crippen LogP contribution in [0.2, 0.25) is 0 Å². The number of fused-ring (bicyclic) bond motifs is 4. The Kier molecular flexibility index (Phi) is 6.58. The van der Waals surface area contributed by atoms with Gasteiger partial charge in [-0.15, -0.1) is 0 Å². The number of halogens is 1. The van der Waals surface area contributed by atoms with Crippen LogP contribution in [-0.2, 0) is 34.3 Å². The molecular formula is C25H28FN7O6. The zero-order valence-electron chi connectivity index (χ0n) is 21.8. The van der Waals surface area contributed by atoms with Crippen LogP contribution >= 0.6 is 0 Å². The number of aryl methyl sites for hydroxylation is 1. The van der Waals surface area contributed by atoms with Crippen molar-refractivity contribution < 1.29 is 32.8 Å². The van der Waals surface area contributed by atoms with Crippen molar-refractivity contribution in [2.24, 2.45) is 12.5 Å². The van der Waals surface area contributed by atoms with E-state index in [0.29, 0.717) is 17.5 Å². The van der Waals surface area contributed by atoms with Crippen molar-refractivity contribution in [3.05, 3.63) is 41.1 Å². The maximum atomic E-state index is 16.1. The second kappa shape index (κ2) is 9.76. The largest absolute Gasteiger partial charge is 0.372 e. The summed E-state index contributed by atoms with van der Waals surface area (Å²) in [5.41, 5.74) is -1.13. The van der Waals surface area contributed by atoms with Crippen LogP contribution in [0.3, 0.4) is 0 Å². The number of benzene rings is 1. The number of urea groups is 1. The van der Waals surface area contributed by atoms with Gasteiger partial charge in [0, 0.05) is 26.8 Å². The van der Waals surface area contributed by atoms with Gasteiger partial charge in [0.05, 0.1) is 41.6 Å². The van der Waals surface area contributed by atoms with E-state index in [4.69, 9.17) is 9.26 Å².